The van der Waals surface area contributed by atoms with E-state index in [2.05, 4.69) is 164 Å². The van der Waals surface area contributed by atoms with Crippen LogP contribution in [0.2, 0.25) is 0 Å². The minimum absolute atomic E-state index is 0.390. The van der Waals surface area contributed by atoms with Crippen molar-refractivity contribution in [1.82, 2.24) is 9.13 Å². The normalized spacial score (nSPS) is 16.0. The minimum atomic E-state index is -0.409. The van der Waals surface area contributed by atoms with Crippen LogP contribution in [-0.4, -0.2) is 27.5 Å². The second-order valence-corrected chi connectivity index (χ2v) is 12.5. The molecule has 0 N–H and O–H groups in total. The Morgan fingerprint density at radius 2 is 1.16 bits per heavy atom. The summed E-state index contributed by atoms with van der Waals surface area (Å²) in [6, 6.07) is 43.3. The zero-order chi connectivity index (χ0) is 29.3. The van der Waals surface area contributed by atoms with Gasteiger partial charge in [-0.1, -0.05) is 78.9 Å². The van der Waals surface area contributed by atoms with E-state index in [-0.39, 0.29) is 11.2 Å². The molecule has 8 rings (SSSR count). The highest BCUT2D eigenvalue weighted by Crippen LogP contribution is 2.39. The molecule has 0 radical (unpaired) electrons. The molecule has 1 aliphatic rings. The Kier molecular flexibility index (Phi) is 5.74. The molecular formula is C38H33BN2O2. The highest BCUT2D eigenvalue weighted by atomic mass is 16.7. The summed E-state index contributed by atoms with van der Waals surface area (Å²) in [5.74, 6) is 0. The SMILES string of the molecule is CC1(C)OB(c2ccc3c(c2)c2ccc4c(ccn4-c4ccc(-c5ccccc5)cc4)c2n3-c2ccccc2)OC1(C)C. The van der Waals surface area contributed by atoms with Crippen LogP contribution in [0.4, 0.5) is 0 Å². The van der Waals surface area contributed by atoms with E-state index < -0.39 is 7.12 Å². The second kappa shape index (κ2) is 9.47. The van der Waals surface area contributed by atoms with E-state index in [1.807, 2.05) is 0 Å². The van der Waals surface area contributed by atoms with Gasteiger partial charge in [0, 0.05) is 33.7 Å². The van der Waals surface area contributed by atoms with E-state index in [1.165, 1.54) is 38.3 Å². The first kappa shape index (κ1) is 26.1. The molecule has 3 heterocycles. The van der Waals surface area contributed by atoms with Crippen molar-refractivity contribution in [2.45, 2.75) is 38.9 Å². The van der Waals surface area contributed by atoms with Gasteiger partial charge < -0.3 is 18.4 Å². The molecule has 5 aromatic carbocycles. The summed E-state index contributed by atoms with van der Waals surface area (Å²) in [7, 11) is -0.409. The van der Waals surface area contributed by atoms with Crippen LogP contribution in [0.3, 0.4) is 0 Å². The third-order valence-electron chi connectivity index (χ3n) is 9.41. The lowest BCUT2D eigenvalue weighted by Crippen LogP contribution is -2.41. The molecule has 0 unspecified atom stereocenters. The number of para-hydroxylation sites is 1. The fraction of sp³-hybridized carbons (Fsp3) is 0.158. The lowest BCUT2D eigenvalue weighted by molar-refractivity contribution is 0.00578. The minimum Gasteiger partial charge on any atom is -0.399 e. The van der Waals surface area contributed by atoms with Crippen molar-refractivity contribution in [3.8, 4) is 22.5 Å². The molecule has 4 nitrogen and oxygen atoms in total. The Balaban J connectivity index is 1.31. The Bertz CT molecular complexity index is 2110. The zero-order valence-corrected chi connectivity index (χ0v) is 24.9. The van der Waals surface area contributed by atoms with Crippen LogP contribution >= 0.6 is 0 Å². The van der Waals surface area contributed by atoms with E-state index in [9.17, 15) is 0 Å². The number of aromatic nitrogens is 2. The molecule has 0 amide bonds. The molecule has 1 saturated heterocycles. The lowest BCUT2D eigenvalue weighted by Gasteiger charge is -2.32. The lowest BCUT2D eigenvalue weighted by atomic mass is 9.78. The fourth-order valence-corrected chi connectivity index (χ4v) is 6.39. The summed E-state index contributed by atoms with van der Waals surface area (Å²) in [4.78, 5) is 0. The van der Waals surface area contributed by atoms with Crippen LogP contribution in [0.1, 0.15) is 27.7 Å². The predicted octanol–water partition coefficient (Wildman–Crippen LogP) is 8.69. The topological polar surface area (TPSA) is 28.3 Å². The van der Waals surface area contributed by atoms with Crippen LogP contribution < -0.4 is 5.46 Å². The molecule has 2 aromatic heterocycles. The standard InChI is InChI=1S/C38H33BN2O2/c1-37(2)38(3,4)43-39(42-37)28-17-21-35-33(25-28)31-20-22-34-32(36(31)41(35)30-13-9-6-10-14-30)23-24-40(34)29-18-15-27(16-19-29)26-11-7-5-8-12-26/h5-25H,1-4H3. The molecule has 0 aliphatic carbocycles. The first-order chi connectivity index (χ1) is 20.8. The highest BCUT2D eigenvalue weighted by Gasteiger charge is 2.51. The summed E-state index contributed by atoms with van der Waals surface area (Å²) in [5.41, 5.74) is 8.50. The van der Waals surface area contributed by atoms with E-state index in [1.54, 1.807) is 0 Å². The molecule has 1 fully saturated rings. The molecule has 0 bridgehead atoms. The number of benzene rings is 5. The van der Waals surface area contributed by atoms with Crippen molar-refractivity contribution in [3.63, 3.8) is 0 Å². The molecule has 0 saturated carbocycles. The maximum Gasteiger partial charge on any atom is 0.494 e. The van der Waals surface area contributed by atoms with Gasteiger partial charge in [-0.05, 0) is 86.7 Å². The molecule has 1 aliphatic heterocycles. The molecule has 0 spiro atoms. The number of rotatable bonds is 4. The Hall–Kier alpha value is -4.58. The van der Waals surface area contributed by atoms with Gasteiger partial charge in [0.25, 0.3) is 0 Å². The summed E-state index contributed by atoms with van der Waals surface area (Å²) in [6.07, 6.45) is 2.18. The van der Waals surface area contributed by atoms with Crippen molar-refractivity contribution >= 4 is 45.3 Å². The van der Waals surface area contributed by atoms with Gasteiger partial charge in [0.15, 0.2) is 0 Å². The summed E-state index contributed by atoms with van der Waals surface area (Å²) in [5, 5.41) is 3.61. The van der Waals surface area contributed by atoms with Gasteiger partial charge in [-0.15, -0.1) is 0 Å². The van der Waals surface area contributed by atoms with Crippen molar-refractivity contribution in [2.24, 2.45) is 0 Å². The van der Waals surface area contributed by atoms with Gasteiger partial charge in [-0.3, -0.25) is 0 Å². The third-order valence-corrected chi connectivity index (χ3v) is 9.41. The Labute approximate surface area is 252 Å². The van der Waals surface area contributed by atoms with Crippen molar-refractivity contribution in [3.05, 3.63) is 128 Å². The maximum absolute atomic E-state index is 6.43. The van der Waals surface area contributed by atoms with Gasteiger partial charge in [-0.25, -0.2) is 0 Å². The van der Waals surface area contributed by atoms with E-state index in [0.29, 0.717) is 0 Å². The maximum atomic E-state index is 6.43. The molecule has 7 aromatic rings. The van der Waals surface area contributed by atoms with Crippen molar-refractivity contribution in [2.75, 3.05) is 0 Å². The van der Waals surface area contributed by atoms with Crippen LogP contribution in [0.15, 0.2) is 128 Å². The van der Waals surface area contributed by atoms with Gasteiger partial charge in [-0.2, -0.15) is 0 Å². The van der Waals surface area contributed by atoms with Crippen LogP contribution in [-0.2, 0) is 9.31 Å². The number of fused-ring (bicyclic) bond motifs is 5. The van der Waals surface area contributed by atoms with Gasteiger partial charge in [0.05, 0.1) is 27.8 Å². The van der Waals surface area contributed by atoms with Gasteiger partial charge >= 0.3 is 7.12 Å². The zero-order valence-electron chi connectivity index (χ0n) is 24.9. The second-order valence-electron chi connectivity index (χ2n) is 12.5. The fourth-order valence-electron chi connectivity index (χ4n) is 6.39. The van der Waals surface area contributed by atoms with Crippen LogP contribution in [0.5, 0.6) is 0 Å². The monoisotopic (exact) mass is 560 g/mol. The number of hydrogen-bond donors (Lipinski definition) is 0. The Morgan fingerprint density at radius 1 is 0.535 bits per heavy atom. The summed E-state index contributed by atoms with van der Waals surface area (Å²) < 4.78 is 17.5. The summed E-state index contributed by atoms with van der Waals surface area (Å²) >= 11 is 0. The quantitative estimate of drug-likeness (QED) is 0.202. The average Bonchev–Trinajstić information content (AvgIpc) is 3.67. The first-order valence-electron chi connectivity index (χ1n) is 15.0. The molecule has 0 atom stereocenters. The smallest absolute Gasteiger partial charge is 0.399 e. The summed E-state index contributed by atoms with van der Waals surface area (Å²) in [6.45, 7) is 8.40. The Morgan fingerprint density at radius 3 is 1.86 bits per heavy atom. The molecule has 43 heavy (non-hydrogen) atoms. The van der Waals surface area contributed by atoms with E-state index in [0.717, 1.165) is 22.4 Å². The van der Waals surface area contributed by atoms with Crippen molar-refractivity contribution < 1.29 is 9.31 Å². The number of hydrogen-bond acceptors (Lipinski definition) is 2. The highest BCUT2D eigenvalue weighted by molar-refractivity contribution is 6.62. The van der Waals surface area contributed by atoms with E-state index >= 15 is 0 Å². The predicted molar refractivity (Wildman–Crippen MR) is 179 cm³/mol. The van der Waals surface area contributed by atoms with Gasteiger partial charge in [0.2, 0.25) is 0 Å². The molecular weight excluding hydrogens is 527 g/mol. The largest absolute Gasteiger partial charge is 0.494 e. The number of nitrogens with zero attached hydrogens (tertiary/aromatic N) is 2. The molecule has 5 heteroatoms. The van der Waals surface area contributed by atoms with Crippen LogP contribution in [0, 0.1) is 0 Å². The van der Waals surface area contributed by atoms with E-state index in [4.69, 9.17) is 9.31 Å². The van der Waals surface area contributed by atoms with Crippen molar-refractivity contribution in [1.29, 1.82) is 0 Å². The average molecular weight is 561 g/mol. The van der Waals surface area contributed by atoms with Crippen LogP contribution in [0.25, 0.3) is 55.2 Å². The molecule has 210 valence electrons. The first-order valence-corrected chi connectivity index (χ1v) is 15.0. The third kappa shape index (κ3) is 4.07. The van der Waals surface area contributed by atoms with Gasteiger partial charge in [0.1, 0.15) is 0 Å².